The van der Waals surface area contributed by atoms with Crippen LogP contribution in [-0.4, -0.2) is 62.2 Å². The van der Waals surface area contributed by atoms with Crippen molar-refractivity contribution in [2.75, 3.05) is 6.54 Å². The molecule has 2 heterocycles. The van der Waals surface area contributed by atoms with Crippen LogP contribution in [0.3, 0.4) is 0 Å². The number of aromatic nitrogens is 1. The Morgan fingerprint density at radius 3 is 2.56 bits per heavy atom. The van der Waals surface area contributed by atoms with Gasteiger partial charge >= 0.3 is 0 Å². The number of likely N-dealkylation sites (tertiary alicyclic amines) is 1. The van der Waals surface area contributed by atoms with E-state index in [0.29, 0.717) is 0 Å². The summed E-state index contributed by atoms with van der Waals surface area (Å²) in [7, 11) is 0. The van der Waals surface area contributed by atoms with Crippen LogP contribution in [0.4, 0.5) is 0 Å². The number of aryl methyl sites for hydroxylation is 1. The second kappa shape index (κ2) is 10.9. The van der Waals surface area contributed by atoms with E-state index < -0.39 is 28.8 Å². The second-order valence-corrected chi connectivity index (χ2v) is 11.1. The fourth-order valence-corrected chi connectivity index (χ4v) is 5.04. The van der Waals surface area contributed by atoms with E-state index in [1.807, 2.05) is 36.7 Å². The van der Waals surface area contributed by atoms with Crippen LogP contribution in [0, 0.1) is 6.92 Å². The van der Waals surface area contributed by atoms with Gasteiger partial charge in [0.2, 0.25) is 17.7 Å². The topological polar surface area (TPSA) is 138 Å². The molecule has 34 heavy (non-hydrogen) atoms. The number of aliphatic hydroxyl groups excluding tert-OH is 1. The highest BCUT2D eigenvalue weighted by atomic mass is 32.2. The first kappa shape index (κ1) is 26.1. The Kier molecular flexibility index (Phi) is 8.34. The SMILES string of the molecule is CC(=O)NC(C(=O)N1CC(O)CC1C(=O)NCc1ccc(-c2scnc2C)cc1)C(C)(C)SN. The van der Waals surface area contributed by atoms with Gasteiger partial charge in [-0.05, 0) is 31.9 Å². The zero-order valence-electron chi connectivity index (χ0n) is 19.7. The van der Waals surface area contributed by atoms with Crippen LogP contribution in [0.5, 0.6) is 0 Å². The van der Waals surface area contributed by atoms with E-state index in [-0.39, 0.29) is 31.3 Å². The number of rotatable bonds is 8. The van der Waals surface area contributed by atoms with Gasteiger partial charge in [0.25, 0.3) is 0 Å². The lowest BCUT2D eigenvalue weighted by Crippen LogP contribution is -2.59. The predicted octanol–water partition coefficient (Wildman–Crippen LogP) is 1.59. The molecule has 9 nitrogen and oxygen atoms in total. The van der Waals surface area contributed by atoms with Crippen LogP contribution in [0.1, 0.15) is 38.4 Å². The van der Waals surface area contributed by atoms with Crippen molar-refractivity contribution < 1.29 is 19.5 Å². The zero-order chi connectivity index (χ0) is 25.0. The third kappa shape index (κ3) is 5.96. The Morgan fingerprint density at radius 2 is 2.00 bits per heavy atom. The number of aliphatic hydroxyl groups is 1. The van der Waals surface area contributed by atoms with E-state index in [4.69, 9.17) is 5.14 Å². The lowest BCUT2D eigenvalue weighted by molar-refractivity contribution is -0.142. The van der Waals surface area contributed by atoms with Crippen molar-refractivity contribution >= 4 is 41.0 Å². The first-order chi connectivity index (χ1) is 16.0. The Bertz CT molecular complexity index is 1040. The molecule has 3 unspecified atom stereocenters. The molecule has 3 amide bonds. The molecular weight excluding hydrogens is 474 g/mol. The molecule has 0 saturated carbocycles. The van der Waals surface area contributed by atoms with Crippen molar-refractivity contribution in [3.63, 3.8) is 0 Å². The van der Waals surface area contributed by atoms with E-state index in [0.717, 1.165) is 33.6 Å². The lowest BCUT2D eigenvalue weighted by Gasteiger charge is -2.35. The van der Waals surface area contributed by atoms with Crippen LogP contribution in [0.2, 0.25) is 0 Å². The zero-order valence-corrected chi connectivity index (χ0v) is 21.3. The van der Waals surface area contributed by atoms with E-state index in [1.54, 1.807) is 25.2 Å². The van der Waals surface area contributed by atoms with Crippen molar-refractivity contribution in [3.8, 4) is 10.4 Å². The Morgan fingerprint density at radius 1 is 1.32 bits per heavy atom. The number of carbonyl (C=O) groups is 3. The summed E-state index contributed by atoms with van der Waals surface area (Å²) in [5, 5.41) is 21.5. The fourth-order valence-electron chi connectivity index (χ4n) is 3.94. The molecule has 1 aliphatic heterocycles. The van der Waals surface area contributed by atoms with Gasteiger partial charge in [-0.25, -0.2) is 4.98 Å². The summed E-state index contributed by atoms with van der Waals surface area (Å²) in [4.78, 5) is 44.8. The fraction of sp³-hybridized carbons (Fsp3) is 0.478. The quantitative estimate of drug-likeness (QED) is 0.400. The van der Waals surface area contributed by atoms with E-state index in [9.17, 15) is 19.5 Å². The number of carbonyl (C=O) groups excluding carboxylic acids is 3. The molecule has 0 aliphatic carbocycles. The number of nitrogens with zero attached hydrogens (tertiary/aromatic N) is 2. The van der Waals surface area contributed by atoms with E-state index >= 15 is 0 Å². The number of hydrogen-bond donors (Lipinski definition) is 4. The van der Waals surface area contributed by atoms with Gasteiger partial charge in [0, 0.05) is 26.4 Å². The van der Waals surface area contributed by atoms with Gasteiger partial charge in [-0.3, -0.25) is 19.5 Å². The van der Waals surface area contributed by atoms with Crippen molar-refractivity contribution in [1.82, 2.24) is 20.5 Å². The molecule has 184 valence electrons. The maximum Gasteiger partial charge on any atom is 0.247 e. The molecule has 0 radical (unpaired) electrons. The number of amides is 3. The van der Waals surface area contributed by atoms with Crippen LogP contribution < -0.4 is 15.8 Å². The Hall–Kier alpha value is -2.47. The maximum atomic E-state index is 13.3. The van der Waals surface area contributed by atoms with Crippen LogP contribution in [0.25, 0.3) is 10.4 Å². The molecule has 2 aromatic rings. The molecule has 0 spiro atoms. The van der Waals surface area contributed by atoms with Gasteiger partial charge in [0.05, 0.1) is 26.9 Å². The summed E-state index contributed by atoms with van der Waals surface area (Å²) < 4.78 is -0.810. The average Bonchev–Trinajstić information content (AvgIpc) is 3.41. The molecule has 1 aromatic carbocycles. The van der Waals surface area contributed by atoms with Gasteiger partial charge in [-0.2, -0.15) is 0 Å². The summed E-state index contributed by atoms with van der Waals surface area (Å²) in [6.45, 7) is 7.08. The van der Waals surface area contributed by atoms with Crippen molar-refractivity contribution in [3.05, 3.63) is 41.0 Å². The summed E-state index contributed by atoms with van der Waals surface area (Å²) in [5.41, 5.74) is 4.76. The molecule has 1 aliphatic rings. The van der Waals surface area contributed by atoms with Crippen molar-refractivity contribution in [1.29, 1.82) is 0 Å². The molecule has 11 heteroatoms. The summed E-state index contributed by atoms with van der Waals surface area (Å²) in [5.74, 6) is -1.18. The summed E-state index contributed by atoms with van der Waals surface area (Å²) in [6.07, 6.45) is -0.697. The number of nitrogens with two attached hydrogens (primary N) is 1. The largest absolute Gasteiger partial charge is 0.391 e. The van der Waals surface area contributed by atoms with E-state index in [1.165, 1.54) is 11.8 Å². The first-order valence-electron chi connectivity index (χ1n) is 10.9. The average molecular weight is 506 g/mol. The molecule has 0 bridgehead atoms. The number of hydrogen-bond acceptors (Lipinski definition) is 8. The van der Waals surface area contributed by atoms with Crippen LogP contribution >= 0.6 is 23.3 Å². The Labute approximate surface area is 207 Å². The minimum Gasteiger partial charge on any atom is -0.391 e. The maximum absolute atomic E-state index is 13.3. The number of thiazole rings is 1. The molecular formula is C23H31N5O4S2. The van der Waals surface area contributed by atoms with Gasteiger partial charge < -0.3 is 20.6 Å². The second-order valence-electron chi connectivity index (χ2n) is 8.93. The van der Waals surface area contributed by atoms with Gasteiger partial charge in [0.1, 0.15) is 12.1 Å². The van der Waals surface area contributed by atoms with Crippen molar-refractivity contribution in [2.24, 2.45) is 5.14 Å². The molecule has 1 aromatic heterocycles. The first-order valence-corrected chi connectivity index (χ1v) is 12.7. The van der Waals surface area contributed by atoms with Gasteiger partial charge in [0.15, 0.2) is 0 Å². The van der Waals surface area contributed by atoms with E-state index in [2.05, 4.69) is 15.6 Å². The highest BCUT2D eigenvalue weighted by Gasteiger charge is 2.45. The molecule has 1 fully saturated rings. The number of β-amino-alcohol motifs (C(OH)–C–C–N with tert-alkyl or cyclic N) is 1. The third-order valence-corrected chi connectivity index (χ3v) is 7.71. The molecule has 5 N–H and O–H groups in total. The minimum absolute atomic E-state index is 0.0151. The highest BCUT2D eigenvalue weighted by Crippen LogP contribution is 2.29. The summed E-state index contributed by atoms with van der Waals surface area (Å²) in [6, 6.07) is 6.08. The molecule has 3 atom stereocenters. The normalized spacial score (nSPS) is 19.1. The Balaban J connectivity index is 1.68. The highest BCUT2D eigenvalue weighted by molar-refractivity contribution is 7.98. The van der Waals surface area contributed by atoms with Gasteiger partial charge in [-0.1, -0.05) is 36.2 Å². The number of nitrogens with one attached hydrogen (secondary N) is 2. The monoisotopic (exact) mass is 505 g/mol. The van der Waals surface area contributed by atoms with Crippen LogP contribution in [-0.2, 0) is 20.9 Å². The molecule has 3 rings (SSSR count). The smallest absolute Gasteiger partial charge is 0.247 e. The standard InChI is InChI=1S/C23H31N5O4S2/c1-13-19(33-12-26-13)16-7-5-15(6-8-16)10-25-21(31)18-9-17(30)11-28(18)22(32)20(27-14(2)29)23(3,4)34-24/h5-8,12,17-18,20,30H,9-11,24H2,1-4H3,(H,25,31)(H,27,29). The number of benzene rings is 1. The summed E-state index contributed by atoms with van der Waals surface area (Å²) >= 11 is 2.53. The van der Waals surface area contributed by atoms with Gasteiger partial charge in [-0.15, -0.1) is 11.3 Å². The van der Waals surface area contributed by atoms with Crippen molar-refractivity contribution in [2.45, 2.75) is 63.6 Å². The molecule has 1 saturated heterocycles. The predicted molar refractivity (Wildman–Crippen MR) is 134 cm³/mol. The lowest BCUT2D eigenvalue weighted by atomic mass is 10.0. The van der Waals surface area contributed by atoms with Crippen LogP contribution in [0.15, 0.2) is 29.8 Å². The minimum atomic E-state index is -0.941. The third-order valence-electron chi connectivity index (χ3n) is 5.89.